The number of halogens is 2. The van der Waals surface area contributed by atoms with E-state index in [9.17, 15) is 8.78 Å². The van der Waals surface area contributed by atoms with E-state index in [4.69, 9.17) is 0 Å². The SMILES string of the molecule is CCNC(=NCc1cnn(C)c1)NCc1ccccc1OC(F)F. The van der Waals surface area contributed by atoms with Crippen molar-refractivity contribution in [3.8, 4) is 5.75 Å². The maximum atomic E-state index is 12.4. The minimum atomic E-state index is -2.85. The van der Waals surface area contributed by atoms with E-state index in [0.717, 1.165) is 5.56 Å². The molecule has 24 heavy (non-hydrogen) atoms. The number of para-hydroxylation sites is 1. The summed E-state index contributed by atoms with van der Waals surface area (Å²) in [6.45, 7) is 0.585. The molecule has 1 aromatic heterocycles. The molecule has 1 aromatic carbocycles. The number of alkyl halides is 2. The number of ether oxygens (including phenoxy) is 1. The molecule has 0 unspecified atom stereocenters. The Morgan fingerprint density at radius 3 is 2.79 bits per heavy atom. The highest BCUT2D eigenvalue weighted by Crippen LogP contribution is 2.19. The van der Waals surface area contributed by atoms with E-state index >= 15 is 0 Å². The Kier molecular flexibility index (Phi) is 6.53. The smallest absolute Gasteiger partial charge is 0.387 e. The van der Waals surface area contributed by atoms with Crippen molar-refractivity contribution < 1.29 is 13.5 Å². The molecule has 0 fully saturated rings. The van der Waals surface area contributed by atoms with E-state index in [1.165, 1.54) is 6.07 Å². The topological polar surface area (TPSA) is 63.5 Å². The maximum Gasteiger partial charge on any atom is 0.387 e. The van der Waals surface area contributed by atoms with Gasteiger partial charge in [0.25, 0.3) is 0 Å². The number of hydrogen-bond donors (Lipinski definition) is 2. The van der Waals surface area contributed by atoms with Crippen LogP contribution in [0.25, 0.3) is 0 Å². The highest BCUT2D eigenvalue weighted by Gasteiger charge is 2.09. The van der Waals surface area contributed by atoms with Gasteiger partial charge in [-0.3, -0.25) is 4.68 Å². The molecular formula is C16H21F2N5O. The van der Waals surface area contributed by atoms with Crippen molar-refractivity contribution in [2.45, 2.75) is 26.6 Å². The number of nitrogens with one attached hydrogen (secondary N) is 2. The van der Waals surface area contributed by atoms with Crippen LogP contribution in [0.3, 0.4) is 0 Å². The molecule has 8 heteroatoms. The Hall–Kier alpha value is -2.64. The maximum absolute atomic E-state index is 12.4. The van der Waals surface area contributed by atoms with Gasteiger partial charge in [0, 0.05) is 37.5 Å². The summed E-state index contributed by atoms with van der Waals surface area (Å²) in [4.78, 5) is 4.45. The lowest BCUT2D eigenvalue weighted by Crippen LogP contribution is -2.36. The third-order valence-corrected chi connectivity index (χ3v) is 3.16. The van der Waals surface area contributed by atoms with Gasteiger partial charge >= 0.3 is 6.61 Å². The van der Waals surface area contributed by atoms with Crippen molar-refractivity contribution >= 4 is 5.96 Å². The average Bonchev–Trinajstić information content (AvgIpc) is 2.96. The van der Waals surface area contributed by atoms with Gasteiger partial charge in [-0.1, -0.05) is 18.2 Å². The summed E-state index contributed by atoms with van der Waals surface area (Å²) in [5.74, 6) is 0.747. The lowest BCUT2D eigenvalue weighted by atomic mass is 10.2. The van der Waals surface area contributed by atoms with Crippen LogP contribution in [0.5, 0.6) is 5.75 Å². The number of nitrogens with zero attached hydrogens (tertiary/aromatic N) is 3. The fourth-order valence-corrected chi connectivity index (χ4v) is 2.11. The van der Waals surface area contributed by atoms with Crippen molar-refractivity contribution in [1.29, 1.82) is 0 Å². The van der Waals surface area contributed by atoms with Gasteiger partial charge in [0.15, 0.2) is 5.96 Å². The predicted molar refractivity (Wildman–Crippen MR) is 87.9 cm³/mol. The molecule has 0 aliphatic carbocycles. The van der Waals surface area contributed by atoms with Crippen molar-refractivity contribution in [3.05, 3.63) is 47.8 Å². The van der Waals surface area contributed by atoms with E-state index in [0.29, 0.717) is 31.2 Å². The number of hydrogen-bond acceptors (Lipinski definition) is 3. The molecule has 2 N–H and O–H groups in total. The zero-order valence-corrected chi connectivity index (χ0v) is 13.7. The number of aliphatic imine (C=N–C) groups is 1. The molecule has 0 aliphatic rings. The van der Waals surface area contributed by atoms with Crippen LogP contribution in [-0.4, -0.2) is 28.9 Å². The number of guanidine groups is 1. The molecule has 0 saturated carbocycles. The number of aryl methyl sites for hydroxylation is 1. The number of rotatable bonds is 7. The van der Waals surface area contributed by atoms with E-state index in [1.807, 2.05) is 20.2 Å². The zero-order valence-electron chi connectivity index (χ0n) is 13.7. The van der Waals surface area contributed by atoms with Crippen molar-refractivity contribution in [2.24, 2.45) is 12.0 Å². The van der Waals surface area contributed by atoms with Gasteiger partial charge in [0.1, 0.15) is 5.75 Å². The van der Waals surface area contributed by atoms with E-state index in [1.54, 1.807) is 29.1 Å². The van der Waals surface area contributed by atoms with Crippen molar-refractivity contribution in [3.63, 3.8) is 0 Å². The van der Waals surface area contributed by atoms with Crippen LogP contribution in [0.2, 0.25) is 0 Å². The normalized spacial score (nSPS) is 11.6. The molecule has 2 aromatic rings. The molecular weight excluding hydrogens is 316 g/mol. The molecule has 2 rings (SSSR count). The first-order valence-electron chi connectivity index (χ1n) is 7.61. The third kappa shape index (κ3) is 5.53. The van der Waals surface area contributed by atoms with E-state index < -0.39 is 6.61 Å². The second-order valence-corrected chi connectivity index (χ2v) is 5.06. The molecule has 0 aliphatic heterocycles. The average molecular weight is 337 g/mol. The van der Waals surface area contributed by atoms with Crippen molar-refractivity contribution in [1.82, 2.24) is 20.4 Å². The fourth-order valence-electron chi connectivity index (χ4n) is 2.11. The second-order valence-electron chi connectivity index (χ2n) is 5.06. The van der Waals surface area contributed by atoms with Crippen LogP contribution in [-0.2, 0) is 20.1 Å². The molecule has 1 heterocycles. The minimum absolute atomic E-state index is 0.156. The first-order valence-corrected chi connectivity index (χ1v) is 7.61. The van der Waals surface area contributed by atoms with Gasteiger partial charge in [0.2, 0.25) is 0 Å². The molecule has 0 bridgehead atoms. The molecule has 6 nitrogen and oxygen atoms in total. The van der Waals surface area contributed by atoms with E-state index in [-0.39, 0.29) is 5.75 Å². The van der Waals surface area contributed by atoms with Gasteiger partial charge in [0.05, 0.1) is 12.7 Å². The quantitative estimate of drug-likeness (QED) is 0.601. The molecule has 0 amide bonds. The Bertz CT molecular complexity index is 672. The zero-order chi connectivity index (χ0) is 17.4. The molecule has 130 valence electrons. The van der Waals surface area contributed by atoms with Gasteiger partial charge in [-0.2, -0.15) is 13.9 Å². The van der Waals surface area contributed by atoms with Crippen LogP contribution >= 0.6 is 0 Å². The van der Waals surface area contributed by atoms with Crippen molar-refractivity contribution in [2.75, 3.05) is 6.54 Å². The fraction of sp³-hybridized carbons (Fsp3) is 0.375. The summed E-state index contributed by atoms with van der Waals surface area (Å²) < 4.78 is 31.1. The highest BCUT2D eigenvalue weighted by molar-refractivity contribution is 5.79. The summed E-state index contributed by atoms with van der Waals surface area (Å²) in [5.41, 5.74) is 1.61. The highest BCUT2D eigenvalue weighted by atomic mass is 19.3. The summed E-state index contributed by atoms with van der Waals surface area (Å²) in [6, 6.07) is 6.68. The summed E-state index contributed by atoms with van der Waals surface area (Å²) in [5, 5.41) is 10.3. The largest absolute Gasteiger partial charge is 0.434 e. The molecule has 0 spiro atoms. The lowest BCUT2D eigenvalue weighted by molar-refractivity contribution is -0.0504. The summed E-state index contributed by atoms with van der Waals surface area (Å²) in [6.07, 6.45) is 3.64. The summed E-state index contributed by atoms with van der Waals surface area (Å²) >= 11 is 0. The number of benzene rings is 1. The Balaban J connectivity index is 2.00. The molecule has 0 saturated heterocycles. The molecule has 0 atom stereocenters. The Morgan fingerprint density at radius 1 is 1.33 bits per heavy atom. The van der Waals surface area contributed by atoms with Crippen LogP contribution in [0.1, 0.15) is 18.1 Å². The second kappa shape index (κ2) is 8.85. The first kappa shape index (κ1) is 17.7. The van der Waals surface area contributed by atoms with Gasteiger partial charge in [-0.25, -0.2) is 4.99 Å². The third-order valence-electron chi connectivity index (χ3n) is 3.16. The Morgan fingerprint density at radius 2 is 2.12 bits per heavy atom. The lowest BCUT2D eigenvalue weighted by Gasteiger charge is -2.14. The predicted octanol–water partition coefficient (Wildman–Crippen LogP) is 2.28. The number of aromatic nitrogens is 2. The Labute approximate surface area is 139 Å². The van der Waals surface area contributed by atoms with Crippen LogP contribution in [0.4, 0.5) is 8.78 Å². The van der Waals surface area contributed by atoms with Crippen LogP contribution in [0.15, 0.2) is 41.7 Å². The molecule has 0 radical (unpaired) electrons. The standard InChI is InChI=1S/C16H21F2N5O/c1-3-19-16(20-8-12-9-22-23(2)11-12)21-10-13-6-4-5-7-14(13)24-15(17)18/h4-7,9,11,15H,3,8,10H2,1-2H3,(H2,19,20,21). The van der Waals surface area contributed by atoms with Crippen LogP contribution in [0, 0.1) is 0 Å². The van der Waals surface area contributed by atoms with Gasteiger partial charge < -0.3 is 15.4 Å². The minimum Gasteiger partial charge on any atom is -0.434 e. The monoisotopic (exact) mass is 337 g/mol. The van der Waals surface area contributed by atoms with Gasteiger partial charge in [-0.05, 0) is 13.0 Å². The summed E-state index contributed by atoms with van der Waals surface area (Å²) in [7, 11) is 1.84. The van der Waals surface area contributed by atoms with E-state index in [2.05, 4.69) is 25.5 Å². The van der Waals surface area contributed by atoms with Crippen LogP contribution < -0.4 is 15.4 Å². The van der Waals surface area contributed by atoms with Gasteiger partial charge in [-0.15, -0.1) is 0 Å². The first-order chi connectivity index (χ1) is 11.6.